The Hall–Kier alpha value is -2.19. The first-order valence-corrected chi connectivity index (χ1v) is 9.98. The fourth-order valence-corrected chi connectivity index (χ4v) is 4.45. The van der Waals surface area contributed by atoms with Gasteiger partial charge < -0.3 is 5.11 Å². The minimum atomic E-state index is -4.09. The second-order valence-electron chi connectivity index (χ2n) is 5.76. The van der Waals surface area contributed by atoms with Crippen molar-refractivity contribution in [3.8, 4) is 0 Å². The number of carboxylic acid groups (broad SMARTS) is 1. The molecule has 2 aromatic carbocycles. The van der Waals surface area contributed by atoms with E-state index in [9.17, 15) is 13.2 Å². The highest BCUT2D eigenvalue weighted by molar-refractivity contribution is 7.89. The first-order valence-electron chi connectivity index (χ1n) is 7.78. The lowest BCUT2D eigenvalue weighted by atomic mass is 10.2. The van der Waals surface area contributed by atoms with Crippen LogP contribution < -0.4 is 0 Å². The molecule has 9 heteroatoms. The van der Waals surface area contributed by atoms with Crippen molar-refractivity contribution in [3.05, 3.63) is 70.5 Å². The average molecular weight is 425 g/mol. The summed E-state index contributed by atoms with van der Waals surface area (Å²) in [5, 5.41) is 10.6. The van der Waals surface area contributed by atoms with Gasteiger partial charge in [-0.25, -0.2) is 13.4 Å². The Morgan fingerprint density at radius 3 is 2.44 bits per heavy atom. The maximum absolute atomic E-state index is 13.1. The molecular weight excluding hydrogens is 411 g/mol. The van der Waals surface area contributed by atoms with Crippen molar-refractivity contribution in [1.29, 1.82) is 0 Å². The molecule has 1 N–H and O–H groups in total. The average Bonchev–Trinajstić information content (AvgIpc) is 2.64. The number of hydrogen-bond acceptors (Lipinski definition) is 4. The third-order valence-corrected chi connectivity index (χ3v) is 6.30. The molecule has 0 aliphatic carbocycles. The molecule has 0 unspecified atom stereocenters. The third-order valence-electron chi connectivity index (χ3n) is 3.91. The van der Waals surface area contributed by atoms with E-state index >= 15 is 0 Å². The lowest BCUT2D eigenvalue weighted by molar-refractivity contribution is -0.137. The number of carboxylic acids is 1. The van der Waals surface area contributed by atoms with Gasteiger partial charge in [-0.05, 0) is 17.7 Å². The van der Waals surface area contributed by atoms with Gasteiger partial charge in [0.1, 0.15) is 11.7 Å². The van der Waals surface area contributed by atoms with Crippen LogP contribution in [-0.2, 0) is 21.4 Å². The van der Waals surface area contributed by atoms with Crippen molar-refractivity contribution >= 4 is 50.0 Å². The zero-order valence-electron chi connectivity index (χ0n) is 13.8. The fourth-order valence-electron chi connectivity index (χ4n) is 2.63. The Morgan fingerprint density at radius 2 is 1.78 bits per heavy atom. The molecule has 27 heavy (non-hydrogen) atoms. The number of hydrogen-bond donors (Lipinski definition) is 1. The molecule has 0 bridgehead atoms. The largest absolute Gasteiger partial charge is 0.480 e. The Kier molecular flexibility index (Phi) is 5.67. The van der Waals surface area contributed by atoms with Crippen LogP contribution in [0, 0.1) is 0 Å². The predicted octanol–water partition coefficient (Wildman–Crippen LogP) is 3.82. The highest BCUT2D eigenvalue weighted by atomic mass is 35.5. The summed E-state index contributed by atoms with van der Waals surface area (Å²) in [6.07, 6.45) is 1.38. The standard InChI is InChI=1S/C18H14Cl2N2O4S/c19-16-9-21-18(20)15-8-13(6-7-14(15)16)27(25,26)22(11-17(23)24)10-12-4-2-1-3-5-12/h1-9H,10-11H2,(H,23,24). The maximum Gasteiger partial charge on any atom is 0.318 e. The lowest BCUT2D eigenvalue weighted by Gasteiger charge is -2.21. The van der Waals surface area contributed by atoms with Gasteiger partial charge in [-0.15, -0.1) is 0 Å². The van der Waals surface area contributed by atoms with Crippen LogP contribution in [0.4, 0.5) is 0 Å². The van der Waals surface area contributed by atoms with Gasteiger partial charge in [0.05, 0.1) is 9.92 Å². The van der Waals surface area contributed by atoms with Crippen LogP contribution >= 0.6 is 23.2 Å². The van der Waals surface area contributed by atoms with E-state index in [0.29, 0.717) is 21.4 Å². The van der Waals surface area contributed by atoms with Crippen LogP contribution in [0.1, 0.15) is 5.56 Å². The lowest BCUT2D eigenvalue weighted by Crippen LogP contribution is -2.35. The summed E-state index contributed by atoms with van der Waals surface area (Å²) in [5.41, 5.74) is 0.672. The summed E-state index contributed by atoms with van der Waals surface area (Å²) in [6.45, 7) is -0.744. The Morgan fingerprint density at radius 1 is 1.07 bits per heavy atom. The molecule has 0 atom stereocenters. The van der Waals surface area contributed by atoms with Crippen LogP contribution in [0.25, 0.3) is 10.8 Å². The first-order chi connectivity index (χ1) is 12.8. The number of aromatic nitrogens is 1. The quantitative estimate of drug-likeness (QED) is 0.607. The molecule has 0 aliphatic heterocycles. The molecule has 0 radical (unpaired) electrons. The topological polar surface area (TPSA) is 87.6 Å². The van der Waals surface area contributed by atoms with Gasteiger partial charge in [-0.2, -0.15) is 4.31 Å². The number of nitrogens with zero attached hydrogens (tertiary/aromatic N) is 2. The number of benzene rings is 2. The van der Waals surface area contributed by atoms with E-state index < -0.39 is 22.5 Å². The van der Waals surface area contributed by atoms with Gasteiger partial charge >= 0.3 is 5.97 Å². The van der Waals surface area contributed by atoms with E-state index in [2.05, 4.69) is 4.98 Å². The van der Waals surface area contributed by atoms with Crippen molar-refractivity contribution in [2.75, 3.05) is 6.54 Å². The predicted molar refractivity (Wildman–Crippen MR) is 103 cm³/mol. The van der Waals surface area contributed by atoms with Crippen molar-refractivity contribution in [2.24, 2.45) is 0 Å². The van der Waals surface area contributed by atoms with Crippen molar-refractivity contribution < 1.29 is 18.3 Å². The Bertz CT molecular complexity index is 1110. The molecule has 6 nitrogen and oxygen atoms in total. The van der Waals surface area contributed by atoms with Crippen LogP contribution in [0.15, 0.2) is 59.6 Å². The molecule has 1 aromatic heterocycles. The monoisotopic (exact) mass is 424 g/mol. The van der Waals surface area contributed by atoms with E-state index in [1.54, 1.807) is 30.3 Å². The molecule has 3 aromatic rings. The molecule has 3 rings (SSSR count). The number of aliphatic carboxylic acids is 1. The molecular formula is C18H14Cl2N2O4S. The number of halogens is 2. The summed E-state index contributed by atoms with van der Waals surface area (Å²) in [7, 11) is -4.09. The zero-order valence-corrected chi connectivity index (χ0v) is 16.2. The maximum atomic E-state index is 13.1. The summed E-state index contributed by atoms with van der Waals surface area (Å²) < 4.78 is 27.1. The number of sulfonamides is 1. The second-order valence-corrected chi connectivity index (χ2v) is 8.46. The summed E-state index contributed by atoms with van der Waals surface area (Å²) in [6, 6.07) is 13.0. The number of pyridine rings is 1. The van der Waals surface area contributed by atoms with Gasteiger partial charge in [0, 0.05) is 23.5 Å². The SMILES string of the molecule is O=C(O)CN(Cc1ccccc1)S(=O)(=O)c1ccc2c(Cl)cnc(Cl)c2c1. The minimum absolute atomic E-state index is 0.0744. The highest BCUT2D eigenvalue weighted by Crippen LogP contribution is 2.31. The van der Waals surface area contributed by atoms with Gasteiger partial charge in [0.2, 0.25) is 10.0 Å². The van der Waals surface area contributed by atoms with Gasteiger partial charge in [0.25, 0.3) is 0 Å². The Balaban J connectivity index is 2.07. The molecule has 0 fully saturated rings. The highest BCUT2D eigenvalue weighted by Gasteiger charge is 2.27. The van der Waals surface area contributed by atoms with E-state index in [1.807, 2.05) is 0 Å². The molecule has 0 spiro atoms. The van der Waals surface area contributed by atoms with E-state index in [1.165, 1.54) is 24.4 Å². The summed E-state index contributed by atoms with van der Waals surface area (Å²) in [4.78, 5) is 15.1. The zero-order chi connectivity index (χ0) is 19.6. The molecule has 1 heterocycles. The van der Waals surface area contributed by atoms with Gasteiger partial charge in [-0.3, -0.25) is 4.79 Å². The van der Waals surface area contributed by atoms with Crippen LogP contribution in [-0.4, -0.2) is 35.3 Å². The third kappa shape index (κ3) is 4.22. The minimum Gasteiger partial charge on any atom is -0.480 e. The fraction of sp³-hybridized carbons (Fsp3) is 0.111. The molecule has 0 aliphatic rings. The first kappa shape index (κ1) is 19.6. The number of carbonyl (C=O) groups is 1. The van der Waals surface area contributed by atoms with Crippen molar-refractivity contribution in [2.45, 2.75) is 11.4 Å². The summed E-state index contributed by atoms with van der Waals surface area (Å²) >= 11 is 12.1. The molecule has 0 saturated heterocycles. The molecule has 140 valence electrons. The van der Waals surface area contributed by atoms with Crippen LogP contribution in [0.5, 0.6) is 0 Å². The van der Waals surface area contributed by atoms with Gasteiger partial charge in [0.15, 0.2) is 0 Å². The van der Waals surface area contributed by atoms with Gasteiger partial charge in [-0.1, -0.05) is 59.6 Å². The normalized spacial score (nSPS) is 11.8. The second kappa shape index (κ2) is 7.82. The van der Waals surface area contributed by atoms with Crippen molar-refractivity contribution in [3.63, 3.8) is 0 Å². The van der Waals surface area contributed by atoms with E-state index in [0.717, 1.165) is 4.31 Å². The summed E-state index contributed by atoms with van der Waals surface area (Å²) in [5.74, 6) is -1.25. The molecule has 0 amide bonds. The number of fused-ring (bicyclic) bond motifs is 1. The van der Waals surface area contributed by atoms with E-state index in [-0.39, 0.29) is 16.6 Å². The Labute approximate surface area is 166 Å². The van der Waals surface area contributed by atoms with Crippen LogP contribution in [0.2, 0.25) is 10.2 Å². The van der Waals surface area contributed by atoms with Crippen LogP contribution in [0.3, 0.4) is 0 Å². The van der Waals surface area contributed by atoms with E-state index in [4.69, 9.17) is 28.3 Å². The number of rotatable bonds is 6. The molecule has 0 saturated carbocycles. The smallest absolute Gasteiger partial charge is 0.318 e. The van der Waals surface area contributed by atoms with Crippen molar-refractivity contribution in [1.82, 2.24) is 9.29 Å².